The number of benzene rings is 1. The second kappa shape index (κ2) is 8.52. The maximum absolute atomic E-state index is 13.0. The Balaban J connectivity index is 1.56. The molecule has 1 fully saturated rings. The fourth-order valence-corrected chi connectivity index (χ4v) is 3.69. The van der Waals surface area contributed by atoms with Gasteiger partial charge in [-0.15, -0.1) is 0 Å². The summed E-state index contributed by atoms with van der Waals surface area (Å²) < 4.78 is 5.43. The normalized spacial score (nSPS) is 17.4. The number of carbonyl (C=O) groups excluding carboxylic acids is 1. The van der Waals surface area contributed by atoms with Crippen LogP contribution in [0.5, 0.6) is 0 Å². The average Bonchev–Trinajstić information content (AvgIpc) is 3.11. The lowest BCUT2D eigenvalue weighted by atomic mass is 9.98. The molecule has 0 radical (unpaired) electrons. The predicted octanol–water partition coefficient (Wildman–Crippen LogP) is 2.97. The van der Waals surface area contributed by atoms with Gasteiger partial charge in [-0.1, -0.05) is 24.3 Å². The zero-order chi connectivity index (χ0) is 18.5. The molecular weight excluding hydrogens is 326 g/mol. The molecule has 0 saturated carbocycles. The molecule has 0 spiro atoms. The Morgan fingerprint density at radius 2 is 1.96 bits per heavy atom. The molecule has 0 bridgehead atoms. The zero-order valence-electron chi connectivity index (χ0n) is 15.9. The molecule has 2 aromatic rings. The molecule has 0 aliphatic carbocycles. The second-order valence-corrected chi connectivity index (χ2v) is 7.36. The van der Waals surface area contributed by atoms with Gasteiger partial charge in [-0.2, -0.15) is 0 Å². The largest absolute Gasteiger partial charge is 0.468 e. The number of hydrogen-bond acceptors (Lipinski definition) is 4. The fourth-order valence-electron chi connectivity index (χ4n) is 3.69. The number of carbonyl (C=O) groups is 1. The molecule has 5 heteroatoms. The Morgan fingerprint density at radius 3 is 2.58 bits per heavy atom. The Kier molecular flexibility index (Phi) is 6.12. The van der Waals surface area contributed by atoms with Crippen LogP contribution in [0.25, 0.3) is 0 Å². The first-order valence-electron chi connectivity index (χ1n) is 9.31. The number of nitrogens with zero attached hydrogens (tertiary/aromatic N) is 2. The topological polar surface area (TPSA) is 48.7 Å². The molecule has 2 heterocycles. The molecule has 1 aliphatic heterocycles. The third-order valence-corrected chi connectivity index (χ3v) is 5.14. The third-order valence-electron chi connectivity index (χ3n) is 5.14. The van der Waals surface area contributed by atoms with Crippen molar-refractivity contribution in [2.75, 3.05) is 27.2 Å². The maximum Gasteiger partial charge on any atom is 0.242 e. The van der Waals surface area contributed by atoms with Gasteiger partial charge in [-0.05, 0) is 57.1 Å². The lowest BCUT2D eigenvalue weighted by molar-refractivity contribution is -0.126. The molecule has 1 atom stereocenters. The van der Waals surface area contributed by atoms with Crippen molar-refractivity contribution in [3.63, 3.8) is 0 Å². The summed E-state index contributed by atoms with van der Waals surface area (Å²) in [6.45, 7) is 4.86. The Morgan fingerprint density at radius 1 is 1.23 bits per heavy atom. The molecule has 1 unspecified atom stereocenters. The van der Waals surface area contributed by atoms with Gasteiger partial charge < -0.3 is 9.73 Å². The molecule has 3 rings (SSSR count). The first-order valence-corrected chi connectivity index (χ1v) is 9.31. The minimum atomic E-state index is -0.252. The number of hydrogen-bond donors (Lipinski definition) is 1. The minimum absolute atomic E-state index is 0.0915. The van der Waals surface area contributed by atoms with Crippen molar-refractivity contribution in [2.45, 2.75) is 38.4 Å². The first-order chi connectivity index (χ1) is 12.5. The van der Waals surface area contributed by atoms with Crippen LogP contribution in [0, 0.1) is 6.92 Å². The van der Waals surface area contributed by atoms with Gasteiger partial charge in [0.15, 0.2) is 0 Å². The van der Waals surface area contributed by atoms with Gasteiger partial charge in [0.2, 0.25) is 5.91 Å². The van der Waals surface area contributed by atoms with Crippen LogP contribution in [0.1, 0.15) is 35.8 Å². The van der Waals surface area contributed by atoms with Crippen LogP contribution in [-0.4, -0.2) is 48.9 Å². The monoisotopic (exact) mass is 355 g/mol. The number of nitrogens with one attached hydrogen (secondary N) is 1. The number of aryl methyl sites for hydroxylation is 1. The number of likely N-dealkylation sites (tertiary alicyclic amines) is 1. The van der Waals surface area contributed by atoms with E-state index in [2.05, 4.69) is 23.2 Å². The Hall–Kier alpha value is -2.11. The highest BCUT2D eigenvalue weighted by atomic mass is 16.3. The number of rotatable bonds is 6. The van der Waals surface area contributed by atoms with Crippen molar-refractivity contribution in [1.82, 2.24) is 15.1 Å². The third kappa shape index (κ3) is 4.54. The number of amides is 1. The summed E-state index contributed by atoms with van der Waals surface area (Å²) in [4.78, 5) is 17.3. The molecule has 1 N–H and O–H groups in total. The highest BCUT2D eigenvalue weighted by Crippen LogP contribution is 2.23. The molecule has 140 valence electrons. The molecule has 1 saturated heterocycles. The summed E-state index contributed by atoms with van der Waals surface area (Å²) in [5.74, 6) is 1.09. The lowest BCUT2D eigenvalue weighted by Crippen LogP contribution is -2.47. The average molecular weight is 355 g/mol. The van der Waals surface area contributed by atoms with Crippen molar-refractivity contribution in [1.29, 1.82) is 0 Å². The maximum atomic E-state index is 13.0. The van der Waals surface area contributed by atoms with Crippen LogP contribution in [0.3, 0.4) is 0 Å². The van der Waals surface area contributed by atoms with Gasteiger partial charge >= 0.3 is 0 Å². The molecular formula is C21H29N3O2. The van der Waals surface area contributed by atoms with Gasteiger partial charge in [0.1, 0.15) is 11.8 Å². The van der Waals surface area contributed by atoms with Crippen LogP contribution >= 0.6 is 0 Å². The van der Waals surface area contributed by atoms with Crippen molar-refractivity contribution in [3.8, 4) is 0 Å². The molecule has 5 nitrogen and oxygen atoms in total. The molecule has 1 aromatic carbocycles. The van der Waals surface area contributed by atoms with Gasteiger partial charge in [-0.25, -0.2) is 0 Å². The highest BCUT2D eigenvalue weighted by Gasteiger charge is 2.28. The van der Waals surface area contributed by atoms with E-state index in [0.717, 1.165) is 49.4 Å². The van der Waals surface area contributed by atoms with Gasteiger partial charge in [0.05, 0.1) is 12.8 Å². The van der Waals surface area contributed by atoms with Crippen LogP contribution in [0.2, 0.25) is 0 Å². The summed E-state index contributed by atoms with van der Waals surface area (Å²) in [6, 6.07) is 12.0. The van der Waals surface area contributed by atoms with Crippen LogP contribution in [0.4, 0.5) is 0 Å². The fraction of sp³-hybridized carbons (Fsp3) is 0.476. The molecule has 1 aliphatic rings. The van der Waals surface area contributed by atoms with Gasteiger partial charge in [0.25, 0.3) is 0 Å². The van der Waals surface area contributed by atoms with Gasteiger partial charge in [-0.3, -0.25) is 14.6 Å². The van der Waals surface area contributed by atoms with Crippen LogP contribution < -0.4 is 5.32 Å². The summed E-state index contributed by atoms with van der Waals surface area (Å²) in [6.07, 6.45) is 3.66. The van der Waals surface area contributed by atoms with E-state index in [-0.39, 0.29) is 18.0 Å². The number of piperidine rings is 1. The number of furan rings is 1. The Labute approximate surface area is 156 Å². The van der Waals surface area contributed by atoms with Crippen LogP contribution in [-0.2, 0) is 11.3 Å². The highest BCUT2D eigenvalue weighted by molar-refractivity contribution is 5.83. The van der Waals surface area contributed by atoms with E-state index in [9.17, 15) is 4.79 Å². The predicted molar refractivity (Wildman–Crippen MR) is 103 cm³/mol. The van der Waals surface area contributed by atoms with Crippen molar-refractivity contribution >= 4 is 5.91 Å². The molecule has 26 heavy (non-hydrogen) atoms. The van der Waals surface area contributed by atoms with Crippen molar-refractivity contribution < 1.29 is 9.21 Å². The van der Waals surface area contributed by atoms with E-state index in [1.54, 1.807) is 6.26 Å². The van der Waals surface area contributed by atoms with E-state index < -0.39 is 0 Å². The zero-order valence-corrected chi connectivity index (χ0v) is 15.9. The second-order valence-electron chi connectivity index (χ2n) is 7.36. The molecule has 1 amide bonds. The van der Waals surface area contributed by atoms with Crippen molar-refractivity contribution in [3.05, 3.63) is 59.5 Å². The number of likely N-dealkylation sites (N-methyl/N-ethyl adjacent to an activating group) is 1. The van der Waals surface area contributed by atoms with E-state index >= 15 is 0 Å². The van der Waals surface area contributed by atoms with E-state index in [0.29, 0.717) is 0 Å². The van der Waals surface area contributed by atoms with E-state index in [4.69, 9.17) is 4.42 Å². The SMILES string of the molecule is Cc1ccccc1C(C(=O)NC1CCN(Cc2ccco2)CC1)N(C)C. The summed E-state index contributed by atoms with van der Waals surface area (Å²) in [7, 11) is 3.92. The first kappa shape index (κ1) is 18.7. The van der Waals surface area contributed by atoms with Crippen molar-refractivity contribution in [2.24, 2.45) is 0 Å². The summed E-state index contributed by atoms with van der Waals surface area (Å²) in [5, 5.41) is 3.27. The van der Waals surface area contributed by atoms with E-state index in [1.165, 1.54) is 0 Å². The summed E-state index contributed by atoms with van der Waals surface area (Å²) >= 11 is 0. The smallest absolute Gasteiger partial charge is 0.242 e. The van der Waals surface area contributed by atoms with Gasteiger partial charge in [0, 0.05) is 19.1 Å². The molecule has 1 aromatic heterocycles. The quantitative estimate of drug-likeness (QED) is 0.865. The standard InChI is InChI=1S/C21H29N3O2/c1-16-7-4-5-9-19(16)20(23(2)3)21(25)22-17-10-12-24(13-11-17)15-18-8-6-14-26-18/h4-9,14,17,20H,10-13,15H2,1-3H3,(H,22,25). The van der Waals surface area contributed by atoms with Crippen LogP contribution in [0.15, 0.2) is 47.1 Å². The minimum Gasteiger partial charge on any atom is -0.468 e. The lowest BCUT2D eigenvalue weighted by Gasteiger charge is -2.33. The van der Waals surface area contributed by atoms with E-state index in [1.807, 2.05) is 49.3 Å². The Bertz CT molecular complexity index is 704. The summed E-state index contributed by atoms with van der Waals surface area (Å²) in [5.41, 5.74) is 2.22.